The maximum Gasteiger partial charge on any atom is 0.277 e. The van der Waals surface area contributed by atoms with E-state index in [1.165, 1.54) is 47.3 Å². The van der Waals surface area contributed by atoms with Crippen LogP contribution in [0.4, 0.5) is 10.8 Å². The third kappa shape index (κ3) is 3.90. The largest absolute Gasteiger partial charge is 0.296 e. The Morgan fingerprint density at radius 2 is 2.00 bits per heavy atom. The molecule has 0 aliphatic carbocycles. The number of carbonyl (C=O) groups excluding carboxylic acids is 1. The summed E-state index contributed by atoms with van der Waals surface area (Å²) in [7, 11) is -3.35. The number of sulfone groups is 1. The molecule has 2 aromatic carbocycles. The molecule has 0 aliphatic heterocycles. The van der Waals surface area contributed by atoms with Crippen LogP contribution in [0.15, 0.2) is 59.6 Å². The lowest BCUT2D eigenvalue weighted by atomic mass is 10.3. The number of anilines is 1. The van der Waals surface area contributed by atoms with Gasteiger partial charge in [-0.1, -0.05) is 17.4 Å². The van der Waals surface area contributed by atoms with Crippen molar-refractivity contribution in [3.05, 3.63) is 70.5 Å². The van der Waals surface area contributed by atoms with Crippen molar-refractivity contribution in [2.45, 2.75) is 4.90 Å². The molecular weight excluding hydrogens is 430 g/mol. The van der Waals surface area contributed by atoms with Crippen LogP contribution in [0.25, 0.3) is 15.9 Å². The lowest BCUT2D eigenvalue weighted by molar-refractivity contribution is -0.384. The Bertz CT molecular complexity index is 1410. The van der Waals surface area contributed by atoms with Crippen molar-refractivity contribution < 1.29 is 18.1 Å². The summed E-state index contributed by atoms with van der Waals surface area (Å²) < 4.78 is 25.4. The Morgan fingerprint density at radius 1 is 1.20 bits per heavy atom. The molecule has 0 atom stereocenters. The molecule has 2 aromatic heterocycles. The summed E-state index contributed by atoms with van der Waals surface area (Å²) in [6, 6.07) is 11.9. The number of nitro groups is 1. The summed E-state index contributed by atoms with van der Waals surface area (Å²) in [6.07, 6.45) is 2.64. The molecule has 0 saturated heterocycles. The third-order valence-electron chi connectivity index (χ3n) is 4.14. The molecule has 0 unspecified atom stereocenters. The Hall–Kier alpha value is -3.64. The van der Waals surface area contributed by atoms with E-state index in [9.17, 15) is 23.3 Å². The van der Waals surface area contributed by atoms with Crippen molar-refractivity contribution in [2.24, 2.45) is 0 Å². The molecule has 12 heteroatoms. The first-order valence-corrected chi connectivity index (χ1v) is 11.1. The molecule has 10 nitrogen and oxygen atoms in total. The first-order valence-electron chi connectivity index (χ1n) is 8.43. The maximum atomic E-state index is 12.5. The average molecular weight is 443 g/mol. The van der Waals surface area contributed by atoms with Crippen LogP contribution in [0.2, 0.25) is 0 Å². The van der Waals surface area contributed by atoms with E-state index >= 15 is 0 Å². The number of nitrogens with one attached hydrogen (secondary N) is 1. The van der Waals surface area contributed by atoms with Crippen molar-refractivity contribution in [1.82, 2.24) is 14.8 Å². The SMILES string of the molecule is CS(=O)(=O)c1ccc2nc(NC(=O)c3ccn(-c4cccc([N+](=O)[O-])c4)n3)sc2c1. The molecule has 30 heavy (non-hydrogen) atoms. The molecule has 0 spiro atoms. The second kappa shape index (κ2) is 7.31. The summed E-state index contributed by atoms with van der Waals surface area (Å²) in [5.74, 6) is -0.512. The number of hydrogen-bond donors (Lipinski definition) is 1. The molecule has 152 valence electrons. The van der Waals surface area contributed by atoms with E-state index in [2.05, 4.69) is 15.4 Å². The number of amides is 1. The fraction of sp³-hybridized carbons (Fsp3) is 0.0556. The summed E-state index contributed by atoms with van der Waals surface area (Å²) in [4.78, 5) is 27.4. The van der Waals surface area contributed by atoms with Crippen molar-refractivity contribution in [1.29, 1.82) is 0 Å². The van der Waals surface area contributed by atoms with Gasteiger partial charge in [0, 0.05) is 24.6 Å². The van der Waals surface area contributed by atoms with Crippen molar-refractivity contribution >= 4 is 48.1 Å². The number of rotatable bonds is 5. The van der Waals surface area contributed by atoms with Crippen LogP contribution in [0.1, 0.15) is 10.5 Å². The van der Waals surface area contributed by atoms with E-state index in [-0.39, 0.29) is 16.3 Å². The zero-order chi connectivity index (χ0) is 21.5. The predicted octanol–water partition coefficient (Wildman–Crippen LogP) is 3.05. The van der Waals surface area contributed by atoms with Crippen LogP contribution in [-0.2, 0) is 9.84 Å². The number of carbonyl (C=O) groups is 1. The number of nitrogens with zero attached hydrogens (tertiary/aromatic N) is 4. The van der Waals surface area contributed by atoms with Crippen molar-refractivity contribution in [3.63, 3.8) is 0 Å². The molecule has 2 heterocycles. The molecule has 0 aliphatic rings. The smallest absolute Gasteiger partial charge is 0.277 e. The monoisotopic (exact) mass is 443 g/mol. The predicted molar refractivity (Wildman–Crippen MR) is 111 cm³/mol. The van der Waals surface area contributed by atoms with Gasteiger partial charge in [-0.25, -0.2) is 18.1 Å². The van der Waals surface area contributed by atoms with Gasteiger partial charge in [0.05, 0.1) is 25.7 Å². The highest BCUT2D eigenvalue weighted by Crippen LogP contribution is 2.28. The number of non-ortho nitro benzene ring substituents is 1. The van der Waals surface area contributed by atoms with Gasteiger partial charge in [0.15, 0.2) is 20.7 Å². The van der Waals surface area contributed by atoms with E-state index in [1.54, 1.807) is 12.1 Å². The maximum absolute atomic E-state index is 12.5. The van der Waals surface area contributed by atoms with Crippen LogP contribution in [0, 0.1) is 10.1 Å². The van der Waals surface area contributed by atoms with E-state index in [1.807, 2.05) is 0 Å². The van der Waals surface area contributed by atoms with Crippen molar-refractivity contribution in [3.8, 4) is 5.69 Å². The highest BCUT2D eigenvalue weighted by Gasteiger charge is 2.15. The lowest BCUT2D eigenvalue weighted by Crippen LogP contribution is -2.13. The molecule has 1 N–H and O–H groups in total. The molecule has 0 radical (unpaired) electrons. The van der Waals surface area contributed by atoms with Gasteiger partial charge in [0.25, 0.3) is 11.6 Å². The minimum atomic E-state index is -3.35. The molecule has 0 bridgehead atoms. The standard InChI is InChI=1S/C18H13N5O5S2/c1-30(27,28)13-5-6-14-16(10-13)29-18(19-14)20-17(24)15-7-8-22(21-15)11-3-2-4-12(9-11)23(25)26/h2-10H,1H3,(H,19,20,24). The fourth-order valence-electron chi connectivity index (χ4n) is 2.69. The molecule has 0 saturated carbocycles. The van der Waals surface area contributed by atoms with E-state index in [0.29, 0.717) is 21.0 Å². The molecule has 4 rings (SSSR count). The number of fused-ring (bicyclic) bond motifs is 1. The summed E-state index contributed by atoms with van der Waals surface area (Å²) in [5.41, 5.74) is 1.01. The van der Waals surface area contributed by atoms with E-state index in [0.717, 1.165) is 17.6 Å². The Morgan fingerprint density at radius 3 is 2.73 bits per heavy atom. The van der Waals surface area contributed by atoms with Gasteiger partial charge < -0.3 is 0 Å². The first-order chi connectivity index (χ1) is 14.2. The third-order valence-corrected chi connectivity index (χ3v) is 6.18. The highest BCUT2D eigenvalue weighted by molar-refractivity contribution is 7.90. The Kier molecular flexibility index (Phi) is 4.79. The molecule has 0 fully saturated rings. The van der Waals surface area contributed by atoms with Crippen LogP contribution in [0.5, 0.6) is 0 Å². The van der Waals surface area contributed by atoms with Gasteiger partial charge in [-0.3, -0.25) is 20.2 Å². The second-order valence-corrected chi connectivity index (χ2v) is 9.34. The van der Waals surface area contributed by atoms with Crippen LogP contribution >= 0.6 is 11.3 Å². The molecule has 4 aromatic rings. The summed E-state index contributed by atoms with van der Waals surface area (Å²) >= 11 is 1.14. The Labute approximate surface area is 173 Å². The lowest BCUT2D eigenvalue weighted by Gasteiger charge is -2.01. The van der Waals surface area contributed by atoms with Gasteiger partial charge in [0.2, 0.25) is 0 Å². The van der Waals surface area contributed by atoms with Crippen LogP contribution in [-0.4, -0.2) is 40.3 Å². The summed E-state index contributed by atoms with van der Waals surface area (Å²) in [5, 5.41) is 18.0. The van der Waals surface area contributed by atoms with Gasteiger partial charge in [-0.2, -0.15) is 5.10 Å². The van der Waals surface area contributed by atoms with Crippen molar-refractivity contribution in [2.75, 3.05) is 11.6 Å². The normalized spacial score (nSPS) is 11.5. The summed E-state index contributed by atoms with van der Waals surface area (Å²) in [6.45, 7) is 0. The number of benzene rings is 2. The number of thiazole rings is 1. The van der Waals surface area contributed by atoms with Crippen LogP contribution in [0.3, 0.4) is 0 Å². The van der Waals surface area contributed by atoms with Gasteiger partial charge in [0.1, 0.15) is 0 Å². The van der Waals surface area contributed by atoms with Crippen LogP contribution < -0.4 is 5.32 Å². The highest BCUT2D eigenvalue weighted by atomic mass is 32.2. The average Bonchev–Trinajstić information content (AvgIpc) is 3.33. The topological polar surface area (TPSA) is 137 Å². The minimum Gasteiger partial charge on any atom is -0.296 e. The van der Waals surface area contributed by atoms with Gasteiger partial charge in [-0.15, -0.1) is 0 Å². The number of nitro benzene ring substituents is 1. The second-order valence-electron chi connectivity index (χ2n) is 6.30. The number of hydrogen-bond acceptors (Lipinski definition) is 8. The van der Waals surface area contributed by atoms with Gasteiger partial charge in [-0.05, 0) is 30.3 Å². The molecular formula is C18H13N5O5S2. The fourth-order valence-corrected chi connectivity index (χ4v) is 4.31. The molecule has 1 amide bonds. The first kappa shape index (κ1) is 19.7. The number of aromatic nitrogens is 3. The zero-order valence-corrected chi connectivity index (χ0v) is 17.0. The van der Waals surface area contributed by atoms with E-state index < -0.39 is 20.7 Å². The van der Waals surface area contributed by atoms with E-state index in [4.69, 9.17) is 0 Å². The minimum absolute atomic E-state index is 0.0862. The quantitative estimate of drug-likeness (QED) is 0.370. The zero-order valence-electron chi connectivity index (χ0n) is 15.3. The van der Waals surface area contributed by atoms with Gasteiger partial charge >= 0.3 is 0 Å². The Balaban J connectivity index is 1.56.